The van der Waals surface area contributed by atoms with Gasteiger partial charge in [-0.3, -0.25) is 4.79 Å². The number of hydrogen-bond acceptors (Lipinski definition) is 3. The molecule has 1 saturated heterocycles. The summed E-state index contributed by atoms with van der Waals surface area (Å²) < 4.78 is 2.13. The number of likely N-dealkylation sites (tertiary alicyclic amines) is 1. The lowest BCUT2D eigenvalue weighted by atomic mass is 9.84. The van der Waals surface area contributed by atoms with Crippen molar-refractivity contribution < 1.29 is 4.79 Å². The van der Waals surface area contributed by atoms with Crippen LogP contribution < -0.4 is 0 Å². The van der Waals surface area contributed by atoms with Crippen molar-refractivity contribution in [3.05, 3.63) is 36.7 Å². The first-order valence-electron chi connectivity index (χ1n) is 8.06. The summed E-state index contributed by atoms with van der Waals surface area (Å²) in [5.41, 5.74) is 1.07. The molecule has 1 unspecified atom stereocenters. The Morgan fingerprint density at radius 2 is 1.95 bits per heavy atom. The molecule has 1 aromatic heterocycles. The average molecular weight is 296 g/mol. The van der Waals surface area contributed by atoms with E-state index in [0.717, 1.165) is 43.7 Å². The van der Waals surface area contributed by atoms with Gasteiger partial charge in [0, 0.05) is 24.6 Å². The zero-order chi connectivity index (χ0) is 14.9. The highest BCUT2D eigenvalue weighted by Crippen LogP contribution is 2.32. The van der Waals surface area contributed by atoms with Crippen LogP contribution in [0.3, 0.4) is 0 Å². The molecule has 2 heterocycles. The van der Waals surface area contributed by atoms with E-state index in [-0.39, 0.29) is 12.0 Å². The smallest absolute Gasteiger partial charge is 0.225 e. The monoisotopic (exact) mass is 296 g/mol. The van der Waals surface area contributed by atoms with Crippen molar-refractivity contribution in [3.63, 3.8) is 0 Å². The van der Waals surface area contributed by atoms with Gasteiger partial charge in [0.15, 0.2) is 5.82 Å². The Labute approximate surface area is 130 Å². The minimum atomic E-state index is 0.285. The van der Waals surface area contributed by atoms with Gasteiger partial charge in [-0.25, -0.2) is 0 Å². The van der Waals surface area contributed by atoms with E-state index in [9.17, 15) is 4.79 Å². The molecule has 1 aromatic carbocycles. The Morgan fingerprint density at radius 1 is 1.14 bits per heavy atom. The number of benzene rings is 1. The van der Waals surface area contributed by atoms with Gasteiger partial charge in [0.25, 0.3) is 0 Å². The van der Waals surface area contributed by atoms with Gasteiger partial charge in [0.2, 0.25) is 5.91 Å². The highest BCUT2D eigenvalue weighted by Gasteiger charge is 2.34. The topological polar surface area (TPSA) is 51.0 Å². The minimum Gasteiger partial charge on any atom is -0.340 e. The molecule has 1 aliphatic carbocycles. The van der Waals surface area contributed by atoms with E-state index in [1.165, 1.54) is 6.42 Å². The number of hydrogen-bond donors (Lipinski definition) is 0. The second kappa shape index (κ2) is 5.55. The van der Waals surface area contributed by atoms with E-state index >= 15 is 0 Å². The van der Waals surface area contributed by atoms with Crippen LogP contribution in [0.15, 0.2) is 36.7 Å². The summed E-state index contributed by atoms with van der Waals surface area (Å²) in [5, 5.41) is 8.36. The maximum Gasteiger partial charge on any atom is 0.225 e. The van der Waals surface area contributed by atoms with Crippen LogP contribution in [0.5, 0.6) is 0 Å². The molecule has 4 rings (SSSR count). The lowest BCUT2D eigenvalue weighted by Crippen LogP contribution is -2.37. The second-order valence-electron chi connectivity index (χ2n) is 6.28. The van der Waals surface area contributed by atoms with E-state index in [1.54, 1.807) is 6.33 Å². The van der Waals surface area contributed by atoms with Crippen molar-refractivity contribution in [1.82, 2.24) is 19.7 Å². The number of aromatic nitrogens is 3. The highest BCUT2D eigenvalue weighted by molar-refractivity contribution is 5.79. The van der Waals surface area contributed by atoms with Crippen LogP contribution in [-0.2, 0) is 4.79 Å². The molecule has 2 aliphatic rings. The van der Waals surface area contributed by atoms with Crippen molar-refractivity contribution in [2.24, 2.45) is 5.92 Å². The molecule has 0 radical (unpaired) electrons. The van der Waals surface area contributed by atoms with Gasteiger partial charge in [0.1, 0.15) is 6.33 Å². The summed E-state index contributed by atoms with van der Waals surface area (Å²) in [7, 11) is 0. The van der Waals surface area contributed by atoms with Crippen LogP contribution in [0.25, 0.3) is 11.4 Å². The number of rotatable bonds is 3. The highest BCUT2D eigenvalue weighted by atomic mass is 16.2. The number of carbonyl (C=O) groups excluding carboxylic acids is 1. The summed E-state index contributed by atoms with van der Waals surface area (Å²) >= 11 is 0. The van der Waals surface area contributed by atoms with Gasteiger partial charge < -0.3 is 9.47 Å². The Balaban J connectivity index is 1.52. The van der Waals surface area contributed by atoms with Crippen LogP contribution in [0, 0.1) is 5.92 Å². The molecule has 0 N–H and O–H groups in total. The summed E-state index contributed by atoms with van der Waals surface area (Å²) in [4.78, 5) is 14.4. The third-order valence-corrected chi connectivity index (χ3v) is 4.93. The molecular weight excluding hydrogens is 276 g/mol. The fourth-order valence-electron chi connectivity index (χ4n) is 3.39. The molecule has 0 bridgehead atoms. The maximum atomic E-state index is 12.4. The average Bonchev–Trinajstić information content (AvgIpc) is 3.15. The van der Waals surface area contributed by atoms with Crippen molar-refractivity contribution in [1.29, 1.82) is 0 Å². The van der Waals surface area contributed by atoms with E-state index in [2.05, 4.69) is 14.8 Å². The summed E-state index contributed by atoms with van der Waals surface area (Å²) in [5.74, 6) is 1.53. The van der Waals surface area contributed by atoms with Gasteiger partial charge in [-0.15, -0.1) is 10.2 Å². The van der Waals surface area contributed by atoms with Crippen LogP contribution in [0.2, 0.25) is 0 Å². The Morgan fingerprint density at radius 3 is 2.68 bits per heavy atom. The van der Waals surface area contributed by atoms with Gasteiger partial charge in [-0.2, -0.15) is 0 Å². The van der Waals surface area contributed by atoms with Crippen molar-refractivity contribution in [2.45, 2.75) is 31.7 Å². The maximum absolute atomic E-state index is 12.4. The molecular formula is C17H20N4O. The van der Waals surface area contributed by atoms with Crippen molar-refractivity contribution in [3.8, 4) is 11.4 Å². The van der Waals surface area contributed by atoms with Crippen LogP contribution >= 0.6 is 0 Å². The van der Waals surface area contributed by atoms with Gasteiger partial charge >= 0.3 is 0 Å². The molecule has 5 heteroatoms. The molecule has 2 aromatic rings. The lowest BCUT2D eigenvalue weighted by Gasteiger charge is -2.29. The van der Waals surface area contributed by atoms with E-state index in [0.29, 0.717) is 5.91 Å². The zero-order valence-electron chi connectivity index (χ0n) is 12.6. The Kier molecular flexibility index (Phi) is 3.41. The third-order valence-electron chi connectivity index (χ3n) is 4.93. The molecule has 1 amide bonds. The largest absolute Gasteiger partial charge is 0.340 e. The molecule has 22 heavy (non-hydrogen) atoms. The van der Waals surface area contributed by atoms with E-state index in [4.69, 9.17) is 0 Å². The van der Waals surface area contributed by atoms with Crippen molar-refractivity contribution in [2.75, 3.05) is 13.1 Å². The quantitative estimate of drug-likeness (QED) is 0.874. The SMILES string of the molecule is O=C(C1CCC1)N1CCC(n2cnnc2-c2ccccc2)C1. The van der Waals surface area contributed by atoms with Gasteiger partial charge in [-0.05, 0) is 19.3 Å². The van der Waals surface area contributed by atoms with Crippen LogP contribution in [0.1, 0.15) is 31.7 Å². The summed E-state index contributed by atoms with van der Waals surface area (Å²) in [6.07, 6.45) is 6.13. The van der Waals surface area contributed by atoms with Crippen LogP contribution in [-0.4, -0.2) is 38.7 Å². The molecule has 1 saturated carbocycles. The third kappa shape index (κ3) is 2.30. The molecule has 114 valence electrons. The number of amides is 1. The first kappa shape index (κ1) is 13.5. The fourth-order valence-corrected chi connectivity index (χ4v) is 3.39. The summed E-state index contributed by atoms with van der Waals surface area (Å²) in [6, 6.07) is 10.4. The standard InChI is InChI=1S/C17H20N4O/c22-17(14-7-4-8-14)20-10-9-15(11-20)21-12-18-19-16(21)13-5-2-1-3-6-13/h1-3,5-6,12,14-15H,4,7-11H2. The van der Waals surface area contributed by atoms with Crippen molar-refractivity contribution >= 4 is 5.91 Å². The first-order valence-corrected chi connectivity index (χ1v) is 8.06. The second-order valence-corrected chi connectivity index (χ2v) is 6.28. The minimum absolute atomic E-state index is 0.285. The summed E-state index contributed by atoms with van der Waals surface area (Å²) in [6.45, 7) is 1.64. The van der Waals surface area contributed by atoms with E-state index in [1.807, 2.05) is 35.2 Å². The fraction of sp³-hybridized carbons (Fsp3) is 0.471. The Bertz CT molecular complexity index is 662. The molecule has 1 atom stereocenters. The predicted octanol–water partition coefficient (Wildman–Crippen LogP) is 2.52. The first-order chi connectivity index (χ1) is 10.8. The predicted molar refractivity (Wildman–Crippen MR) is 83.0 cm³/mol. The molecule has 1 aliphatic heterocycles. The molecule has 0 spiro atoms. The normalized spacial score (nSPS) is 21.8. The van der Waals surface area contributed by atoms with Crippen LogP contribution in [0.4, 0.5) is 0 Å². The molecule has 2 fully saturated rings. The number of carbonyl (C=O) groups is 1. The zero-order valence-corrected chi connectivity index (χ0v) is 12.6. The number of nitrogens with zero attached hydrogens (tertiary/aromatic N) is 4. The van der Waals surface area contributed by atoms with Gasteiger partial charge in [-0.1, -0.05) is 36.8 Å². The Hall–Kier alpha value is -2.17. The van der Waals surface area contributed by atoms with E-state index < -0.39 is 0 Å². The lowest BCUT2D eigenvalue weighted by molar-refractivity contribution is -0.137. The van der Waals surface area contributed by atoms with Gasteiger partial charge in [0.05, 0.1) is 6.04 Å². The molecule has 5 nitrogen and oxygen atoms in total.